The summed E-state index contributed by atoms with van der Waals surface area (Å²) in [5, 5.41) is 5.98. The number of rotatable bonds is 7. The molecule has 2 aromatic rings. The van der Waals surface area contributed by atoms with E-state index in [1.165, 1.54) is 12.8 Å². The number of hydrogen-bond acceptors (Lipinski definition) is 5. The number of amides is 2. The van der Waals surface area contributed by atoms with Crippen molar-refractivity contribution in [2.24, 2.45) is 5.92 Å². The highest BCUT2D eigenvalue weighted by Crippen LogP contribution is 2.25. The van der Waals surface area contributed by atoms with Gasteiger partial charge in [-0.25, -0.2) is 5.43 Å². The van der Waals surface area contributed by atoms with Gasteiger partial charge in [0.1, 0.15) is 0 Å². The highest BCUT2D eigenvalue weighted by molar-refractivity contribution is 5.92. The van der Waals surface area contributed by atoms with Gasteiger partial charge in [0.05, 0.1) is 12.0 Å². The first kappa shape index (κ1) is 21.3. The lowest BCUT2D eigenvalue weighted by molar-refractivity contribution is -0.125. The molecule has 0 spiro atoms. The largest absolute Gasteiger partial charge is 0.371 e. The van der Waals surface area contributed by atoms with E-state index in [0.29, 0.717) is 6.54 Å². The fourth-order valence-corrected chi connectivity index (χ4v) is 4.36. The molecule has 2 amide bonds. The molecule has 7 heteroatoms. The Morgan fingerprint density at radius 3 is 2.65 bits per heavy atom. The van der Waals surface area contributed by atoms with E-state index in [9.17, 15) is 9.59 Å². The highest BCUT2D eigenvalue weighted by Gasteiger charge is 2.34. The van der Waals surface area contributed by atoms with E-state index in [-0.39, 0.29) is 36.2 Å². The summed E-state index contributed by atoms with van der Waals surface area (Å²) in [6.45, 7) is 4.55. The molecule has 2 aliphatic heterocycles. The van der Waals surface area contributed by atoms with Gasteiger partial charge in [-0.3, -0.25) is 15.0 Å². The molecule has 0 radical (unpaired) electrons. The molecule has 3 atom stereocenters. The van der Waals surface area contributed by atoms with Crippen LogP contribution in [0.2, 0.25) is 0 Å². The summed E-state index contributed by atoms with van der Waals surface area (Å²) in [6.07, 6.45) is 2.65. The summed E-state index contributed by atoms with van der Waals surface area (Å²) in [6, 6.07) is 17.6. The summed E-state index contributed by atoms with van der Waals surface area (Å²) in [7, 11) is 0. The van der Waals surface area contributed by atoms with Gasteiger partial charge in [0.2, 0.25) is 11.8 Å². The summed E-state index contributed by atoms with van der Waals surface area (Å²) in [4.78, 5) is 27.7. The van der Waals surface area contributed by atoms with Crippen LogP contribution in [0.15, 0.2) is 54.6 Å². The SMILES string of the molecule is CC(CC(=O)Nc1cccc(N2CCCC2)c1)NC(=O)C1CNNC1c1ccccc1. The summed E-state index contributed by atoms with van der Waals surface area (Å²) < 4.78 is 0. The Kier molecular flexibility index (Phi) is 6.84. The van der Waals surface area contributed by atoms with E-state index < -0.39 is 0 Å². The Morgan fingerprint density at radius 1 is 1.10 bits per heavy atom. The molecule has 2 aliphatic rings. The molecule has 2 saturated heterocycles. The molecule has 2 aromatic carbocycles. The van der Waals surface area contributed by atoms with Crippen LogP contribution in [0, 0.1) is 5.92 Å². The molecular formula is C24H31N5O2. The first-order valence-corrected chi connectivity index (χ1v) is 11.1. The molecule has 4 rings (SSSR count). The fraction of sp³-hybridized carbons (Fsp3) is 0.417. The van der Waals surface area contributed by atoms with Gasteiger partial charge in [0.25, 0.3) is 0 Å². The van der Waals surface area contributed by atoms with E-state index in [4.69, 9.17) is 0 Å². The van der Waals surface area contributed by atoms with Gasteiger partial charge in [-0.2, -0.15) is 0 Å². The molecule has 0 aromatic heterocycles. The van der Waals surface area contributed by atoms with Gasteiger partial charge >= 0.3 is 0 Å². The summed E-state index contributed by atoms with van der Waals surface area (Å²) in [5.41, 5.74) is 9.27. The van der Waals surface area contributed by atoms with E-state index in [1.807, 2.05) is 55.5 Å². The number of hydrazine groups is 1. The Morgan fingerprint density at radius 2 is 1.87 bits per heavy atom. The number of nitrogens with zero attached hydrogens (tertiary/aromatic N) is 1. The van der Waals surface area contributed by atoms with E-state index in [0.717, 1.165) is 30.0 Å². The zero-order valence-corrected chi connectivity index (χ0v) is 17.9. The quantitative estimate of drug-likeness (QED) is 0.552. The van der Waals surface area contributed by atoms with Crippen LogP contribution in [0.1, 0.15) is 37.8 Å². The van der Waals surface area contributed by atoms with Crippen molar-refractivity contribution in [1.82, 2.24) is 16.2 Å². The first-order valence-electron chi connectivity index (χ1n) is 11.1. The van der Waals surface area contributed by atoms with Gasteiger partial charge in [-0.15, -0.1) is 0 Å². The predicted molar refractivity (Wildman–Crippen MR) is 123 cm³/mol. The zero-order valence-electron chi connectivity index (χ0n) is 17.9. The number of hydrogen-bond donors (Lipinski definition) is 4. The number of carbonyl (C=O) groups is 2. The minimum Gasteiger partial charge on any atom is -0.371 e. The Hall–Kier alpha value is -2.90. The van der Waals surface area contributed by atoms with E-state index in [2.05, 4.69) is 32.5 Å². The topological polar surface area (TPSA) is 85.5 Å². The minimum absolute atomic E-state index is 0.0531. The fourth-order valence-electron chi connectivity index (χ4n) is 4.36. The second kappa shape index (κ2) is 9.94. The Labute approximate surface area is 183 Å². The number of carbonyl (C=O) groups excluding carboxylic acids is 2. The third-order valence-corrected chi connectivity index (χ3v) is 5.96. The predicted octanol–water partition coefficient (Wildman–Crippen LogP) is 2.59. The number of anilines is 2. The summed E-state index contributed by atoms with van der Waals surface area (Å²) >= 11 is 0. The Balaban J connectivity index is 1.29. The third-order valence-electron chi connectivity index (χ3n) is 5.96. The van der Waals surface area contributed by atoms with Gasteiger partial charge in [-0.05, 0) is 43.5 Å². The minimum atomic E-state index is -0.258. The van der Waals surface area contributed by atoms with Crippen molar-refractivity contribution in [3.8, 4) is 0 Å². The lowest BCUT2D eigenvalue weighted by Gasteiger charge is -2.21. The molecule has 31 heavy (non-hydrogen) atoms. The maximum atomic E-state index is 12.8. The van der Waals surface area contributed by atoms with Gasteiger partial charge in [0, 0.05) is 43.5 Å². The van der Waals surface area contributed by atoms with Crippen molar-refractivity contribution in [1.29, 1.82) is 0 Å². The Bertz CT molecular complexity index is 898. The van der Waals surface area contributed by atoms with Crippen molar-refractivity contribution in [2.45, 2.75) is 38.3 Å². The molecule has 0 aliphatic carbocycles. The molecule has 0 bridgehead atoms. The van der Waals surface area contributed by atoms with Gasteiger partial charge in [0.15, 0.2) is 0 Å². The molecule has 3 unspecified atom stereocenters. The normalized spacial score (nSPS) is 21.6. The van der Waals surface area contributed by atoms with E-state index >= 15 is 0 Å². The maximum Gasteiger partial charge on any atom is 0.226 e. The average Bonchev–Trinajstić information content (AvgIpc) is 3.47. The number of nitrogens with one attached hydrogen (secondary N) is 4. The highest BCUT2D eigenvalue weighted by atomic mass is 16.2. The van der Waals surface area contributed by atoms with Gasteiger partial charge in [-0.1, -0.05) is 36.4 Å². The zero-order chi connectivity index (χ0) is 21.6. The van der Waals surface area contributed by atoms with E-state index in [1.54, 1.807) is 0 Å². The molecule has 7 nitrogen and oxygen atoms in total. The molecule has 164 valence electrons. The molecule has 0 saturated carbocycles. The van der Waals surface area contributed by atoms with Crippen LogP contribution in [-0.2, 0) is 9.59 Å². The smallest absolute Gasteiger partial charge is 0.226 e. The van der Waals surface area contributed by atoms with Crippen LogP contribution in [0.25, 0.3) is 0 Å². The standard InChI is InChI=1S/C24H31N5O2/c1-17(26-24(31)21-16-25-28-23(21)18-8-3-2-4-9-18)14-22(30)27-19-10-7-11-20(15-19)29-12-5-6-13-29/h2-4,7-11,15,17,21,23,25,28H,5-6,12-14,16H2,1H3,(H,26,31)(H,27,30). The molecular weight excluding hydrogens is 390 g/mol. The van der Waals surface area contributed by atoms with Crippen LogP contribution in [0.3, 0.4) is 0 Å². The van der Waals surface area contributed by atoms with Crippen molar-refractivity contribution >= 4 is 23.2 Å². The number of benzene rings is 2. The lowest BCUT2D eigenvalue weighted by Crippen LogP contribution is -2.41. The third kappa shape index (κ3) is 5.42. The monoisotopic (exact) mass is 421 g/mol. The first-order chi connectivity index (χ1) is 15.1. The molecule has 4 N–H and O–H groups in total. The second-order valence-corrected chi connectivity index (χ2v) is 8.43. The van der Waals surface area contributed by atoms with Crippen molar-refractivity contribution in [2.75, 3.05) is 29.9 Å². The molecule has 2 heterocycles. The lowest BCUT2D eigenvalue weighted by atomic mass is 9.94. The summed E-state index contributed by atoms with van der Waals surface area (Å²) in [5.74, 6) is -0.388. The molecule has 2 fully saturated rings. The van der Waals surface area contributed by atoms with Crippen LogP contribution in [-0.4, -0.2) is 37.5 Å². The van der Waals surface area contributed by atoms with Crippen LogP contribution < -0.4 is 26.4 Å². The average molecular weight is 422 g/mol. The van der Waals surface area contributed by atoms with Crippen molar-refractivity contribution in [3.05, 3.63) is 60.2 Å². The van der Waals surface area contributed by atoms with Crippen LogP contribution >= 0.6 is 0 Å². The van der Waals surface area contributed by atoms with Crippen molar-refractivity contribution < 1.29 is 9.59 Å². The van der Waals surface area contributed by atoms with Crippen molar-refractivity contribution in [3.63, 3.8) is 0 Å². The second-order valence-electron chi connectivity index (χ2n) is 8.43. The van der Waals surface area contributed by atoms with Crippen LogP contribution in [0.5, 0.6) is 0 Å². The van der Waals surface area contributed by atoms with Gasteiger partial charge < -0.3 is 15.5 Å². The maximum absolute atomic E-state index is 12.8. The van der Waals surface area contributed by atoms with Crippen LogP contribution in [0.4, 0.5) is 11.4 Å².